The van der Waals surface area contributed by atoms with E-state index in [-0.39, 0.29) is 11.9 Å². The van der Waals surface area contributed by atoms with Gasteiger partial charge in [-0.05, 0) is 66.7 Å². The summed E-state index contributed by atoms with van der Waals surface area (Å²) < 4.78 is 15.6. The van der Waals surface area contributed by atoms with Gasteiger partial charge in [0.05, 0.1) is 6.04 Å². The van der Waals surface area contributed by atoms with Gasteiger partial charge in [-0.3, -0.25) is 0 Å². The molecule has 1 N–H and O–H groups in total. The molecule has 5 heteroatoms. The number of hydrogen-bond acceptors (Lipinski definition) is 1. The van der Waals surface area contributed by atoms with Crippen LogP contribution >= 0.6 is 12.2 Å². The predicted octanol–water partition coefficient (Wildman–Crippen LogP) is 4.74. The number of fused-ring (bicyclic) bond motifs is 1. The van der Waals surface area contributed by atoms with Crippen molar-refractivity contribution in [2.45, 2.75) is 19.5 Å². The number of nitrogens with one attached hydrogen (secondary N) is 1. The van der Waals surface area contributed by atoms with Crippen molar-refractivity contribution in [2.75, 3.05) is 11.9 Å². The first-order valence-electron chi connectivity index (χ1n) is 8.66. The topological polar surface area (TPSA) is 20.2 Å². The van der Waals surface area contributed by atoms with Crippen molar-refractivity contribution in [3.63, 3.8) is 0 Å². The molecule has 2 heterocycles. The lowest BCUT2D eigenvalue weighted by molar-refractivity contribution is 0.293. The second kappa shape index (κ2) is 6.92. The van der Waals surface area contributed by atoms with Gasteiger partial charge in [-0.25, -0.2) is 4.39 Å². The average molecular weight is 365 g/mol. The second-order valence-corrected chi connectivity index (χ2v) is 6.96. The molecule has 0 amide bonds. The molecule has 0 unspecified atom stereocenters. The van der Waals surface area contributed by atoms with Crippen LogP contribution in [0.25, 0.3) is 0 Å². The summed E-state index contributed by atoms with van der Waals surface area (Å²) >= 11 is 5.74. The Balaban J connectivity index is 1.67. The van der Waals surface area contributed by atoms with E-state index < -0.39 is 0 Å². The van der Waals surface area contributed by atoms with E-state index in [9.17, 15) is 4.39 Å². The van der Waals surface area contributed by atoms with Gasteiger partial charge in [-0.15, -0.1) is 0 Å². The van der Waals surface area contributed by atoms with E-state index in [2.05, 4.69) is 46.1 Å². The van der Waals surface area contributed by atoms with Gasteiger partial charge in [0.2, 0.25) is 0 Å². The van der Waals surface area contributed by atoms with E-state index in [1.54, 1.807) is 0 Å². The third-order valence-corrected chi connectivity index (χ3v) is 5.09. The number of benzene rings is 2. The fraction of sp³-hybridized carbons (Fsp3) is 0.190. The van der Waals surface area contributed by atoms with E-state index in [1.807, 2.05) is 30.3 Å². The first kappa shape index (κ1) is 16.8. The standard InChI is InChI=1S/C21H20FN3S/c1-15-4-2-5-18(14-15)23-21(26)25-13-12-24-11-3-6-19(24)20(25)16-7-9-17(22)10-8-16/h2-11,14,20H,12-13H2,1H3,(H,23,26)/t20-/m0/s1. The van der Waals surface area contributed by atoms with Crippen molar-refractivity contribution >= 4 is 23.0 Å². The number of halogens is 1. The Bertz CT molecular complexity index is 932. The number of hydrogen-bond donors (Lipinski definition) is 1. The van der Waals surface area contributed by atoms with Gasteiger partial charge in [-0.1, -0.05) is 24.3 Å². The molecule has 3 aromatic rings. The zero-order valence-corrected chi connectivity index (χ0v) is 15.3. The van der Waals surface area contributed by atoms with Crippen LogP contribution < -0.4 is 5.32 Å². The first-order valence-corrected chi connectivity index (χ1v) is 9.07. The van der Waals surface area contributed by atoms with Gasteiger partial charge in [0.25, 0.3) is 0 Å². The SMILES string of the molecule is Cc1cccc(NC(=S)N2CCn3cccc3[C@@H]2c2ccc(F)cc2)c1. The monoisotopic (exact) mass is 365 g/mol. The minimum absolute atomic E-state index is 0.0378. The molecule has 1 atom stereocenters. The highest BCUT2D eigenvalue weighted by atomic mass is 32.1. The van der Waals surface area contributed by atoms with Crippen LogP contribution in [0.4, 0.5) is 10.1 Å². The van der Waals surface area contributed by atoms with Gasteiger partial charge in [0, 0.05) is 30.7 Å². The summed E-state index contributed by atoms with van der Waals surface area (Å²) in [6.45, 7) is 3.72. The lowest BCUT2D eigenvalue weighted by atomic mass is 10.0. The van der Waals surface area contributed by atoms with Crippen molar-refractivity contribution in [1.82, 2.24) is 9.47 Å². The van der Waals surface area contributed by atoms with E-state index in [4.69, 9.17) is 12.2 Å². The Labute approximate surface area is 158 Å². The summed E-state index contributed by atoms with van der Waals surface area (Å²) in [5.41, 5.74) is 4.35. The first-order chi connectivity index (χ1) is 12.6. The third kappa shape index (κ3) is 3.22. The third-order valence-electron chi connectivity index (χ3n) is 4.75. The van der Waals surface area contributed by atoms with Crippen LogP contribution in [0.5, 0.6) is 0 Å². The number of nitrogens with zero attached hydrogens (tertiary/aromatic N) is 2. The highest BCUT2D eigenvalue weighted by Gasteiger charge is 2.30. The van der Waals surface area contributed by atoms with Crippen LogP contribution in [0.15, 0.2) is 66.9 Å². The van der Waals surface area contributed by atoms with Crippen molar-refractivity contribution in [3.8, 4) is 0 Å². The largest absolute Gasteiger partial charge is 0.348 e. The van der Waals surface area contributed by atoms with E-state index in [0.717, 1.165) is 30.0 Å². The molecule has 0 radical (unpaired) electrons. The molecule has 1 aliphatic rings. The summed E-state index contributed by atoms with van der Waals surface area (Å²) in [4.78, 5) is 2.18. The molecule has 132 valence electrons. The predicted molar refractivity (Wildman–Crippen MR) is 107 cm³/mol. The number of rotatable bonds is 2. The summed E-state index contributed by atoms with van der Waals surface area (Å²) in [7, 11) is 0. The average Bonchev–Trinajstić information content (AvgIpc) is 3.10. The van der Waals surface area contributed by atoms with Crippen LogP contribution in [-0.4, -0.2) is 21.1 Å². The summed E-state index contributed by atoms with van der Waals surface area (Å²) in [5, 5.41) is 4.04. The lowest BCUT2D eigenvalue weighted by Gasteiger charge is -2.39. The Kier molecular flexibility index (Phi) is 4.47. The molecule has 4 rings (SSSR count). The number of aryl methyl sites for hydroxylation is 1. The van der Waals surface area contributed by atoms with Gasteiger partial charge in [0.15, 0.2) is 5.11 Å². The maximum Gasteiger partial charge on any atom is 0.174 e. The lowest BCUT2D eigenvalue weighted by Crippen LogP contribution is -2.44. The van der Waals surface area contributed by atoms with Crippen LogP contribution in [0.2, 0.25) is 0 Å². The molecule has 26 heavy (non-hydrogen) atoms. The van der Waals surface area contributed by atoms with E-state index in [1.165, 1.54) is 17.7 Å². The van der Waals surface area contributed by atoms with Gasteiger partial charge in [0.1, 0.15) is 5.82 Å². The number of thiocarbonyl (C=S) groups is 1. The summed E-state index contributed by atoms with van der Waals surface area (Å²) in [6.07, 6.45) is 2.08. The molecule has 3 nitrogen and oxygen atoms in total. The Morgan fingerprint density at radius 3 is 2.65 bits per heavy atom. The van der Waals surface area contributed by atoms with Crippen molar-refractivity contribution in [2.24, 2.45) is 0 Å². The minimum atomic E-state index is -0.230. The molecule has 1 aromatic heterocycles. The second-order valence-electron chi connectivity index (χ2n) is 6.57. The van der Waals surface area contributed by atoms with E-state index in [0.29, 0.717) is 5.11 Å². The Hall–Kier alpha value is -2.66. The van der Waals surface area contributed by atoms with Crippen molar-refractivity contribution in [3.05, 3.63) is 89.5 Å². The van der Waals surface area contributed by atoms with Crippen LogP contribution in [0.3, 0.4) is 0 Å². The molecule has 2 aromatic carbocycles. The van der Waals surface area contributed by atoms with E-state index >= 15 is 0 Å². The molecule has 0 aliphatic carbocycles. The molecule has 1 aliphatic heterocycles. The maximum atomic E-state index is 13.4. The molecule has 0 saturated heterocycles. The molecule has 0 spiro atoms. The fourth-order valence-electron chi connectivity index (χ4n) is 3.52. The van der Waals surface area contributed by atoms with Crippen molar-refractivity contribution in [1.29, 1.82) is 0 Å². The fourth-order valence-corrected chi connectivity index (χ4v) is 3.83. The molecular formula is C21H20FN3S. The van der Waals surface area contributed by atoms with Crippen LogP contribution in [0.1, 0.15) is 22.9 Å². The minimum Gasteiger partial charge on any atom is -0.348 e. The number of aromatic nitrogens is 1. The molecule has 0 fully saturated rings. The highest BCUT2D eigenvalue weighted by molar-refractivity contribution is 7.80. The van der Waals surface area contributed by atoms with Gasteiger partial charge >= 0.3 is 0 Å². The van der Waals surface area contributed by atoms with Crippen molar-refractivity contribution < 1.29 is 4.39 Å². The summed E-state index contributed by atoms with van der Waals surface area (Å²) in [6, 6.07) is 19.0. The Morgan fingerprint density at radius 1 is 1.08 bits per heavy atom. The normalized spacial score (nSPS) is 16.2. The zero-order chi connectivity index (χ0) is 18.1. The molecule has 0 bridgehead atoms. The summed E-state index contributed by atoms with van der Waals surface area (Å²) in [5.74, 6) is -0.230. The van der Waals surface area contributed by atoms with Gasteiger partial charge in [-0.2, -0.15) is 0 Å². The molecule has 0 saturated carbocycles. The zero-order valence-electron chi connectivity index (χ0n) is 14.5. The van der Waals surface area contributed by atoms with Crippen LogP contribution in [-0.2, 0) is 6.54 Å². The quantitative estimate of drug-likeness (QED) is 0.663. The highest BCUT2D eigenvalue weighted by Crippen LogP contribution is 2.33. The van der Waals surface area contributed by atoms with Crippen LogP contribution in [0, 0.1) is 12.7 Å². The van der Waals surface area contributed by atoms with Gasteiger partial charge < -0.3 is 14.8 Å². The molecular weight excluding hydrogens is 345 g/mol. The Morgan fingerprint density at radius 2 is 1.88 bits per heavy atom. The number of anilines is 1. The maximum absolute atomic E-state index is 13.4. The smallest absolute Gasteiger partial charge is 0.174 e.